The molecule has 5 rings (SSSR count). The molecule has 11 nitrogen and oxygen atoms in total. The maximum Gasteiger partial charge on any atom is 0.270 e. The number of fused-ring (bicyclic) bond motifs is 1. The van der Waals surface area contributed by atoms with Crippen molar-refractivity contribution in [3.05, 3.63) is 88.0 Å². The van der Waals surface area contributed by atoms with Crippen molar-refractivity contribution in [2.45, 2.75) is 25.9 Å². The SMILES string of the molecule is CCOc1ccc(N2C(=O)CC(N(Cc3ccc4c(c3)OCO4)C(=O)c3cccc([N+](=O)[O-])c3)C2=O)cc1. The van der Waals surface area contributed by atoms with Crippen LogP contribution in [0.1, 0.15) is 29.3 Å². The minimum absolute atomic E-state index is 0.0275. The zero-order valence-corrected chi connectivity index (χ0v) is 20.4. The van der Waals surface area contributed by atoms with Crippen LogP contribution in [0.2, 0.25) is 0 Å². The number of imide groups is 1. The van der Waals surface area contributed by atoms with Crippen molar-refractivity contribution >= 4 is 29.1 Å². The van der Waals surface area contributed by atoms with Crippen molar-refractivity contribution in [2.75, 3.05) is 18.3 Å². The van der Waals surface area contributed by atoms with Gasteiger partial charge in [-0.05, 0) is 55.0 Å². The molecular formula is C27H23N3O8. The van der Waals surface area contributed by atoms with E-state index >= 15 is 0 Å². The van der Waals surface area contributed by atoms with E-state index in [0.29, 0.717) is 35.1 Å². The molecule has 0 aliphatic carbocycles. The van der Waals surface area contributed by atoms with Crippen LogP contribution in [0.25, 0.3) is 0 Å². The van der Waals surface area contributed by atoms with Crippen LogP contribution in [0.3, 0.4) is 0 Å². The van der Waals surface area contributed by atoms with E-state index in [9.17, 15) is 24.5 Å². The number of hydrogen-bond donors (Lipinski definition) is 0. The van der Waals surface area contributed by atoms with Gasteiger partial charge in [0.15, 0.2) is 11.5 Å². The Morgan fingerprint density at radius 2 is 1.84 bits per heavy atom. The second kappa shape index (κ2) is 10.2. The highest BCUT2D eigenvalue weighted by Crippen LogP contribution is 2.34. The number of carbonyl (C=O) groups excluding carboxylic acids is 3. The van der Waals surface area contributed by atoms with Crippen molar-refractivity contribution < 1.29 is 33.5 Å². The number of amides is 3. The number of nitro groups is 1. The standard InChI is InChI=1S/C27H23N3O8/c1-2-36-21-9-7-19(8-10-21)29-25(31)14-22(27(29)33)28(15-17-6-11-23-24(12-17)38-16-37-23)26(32)18-4-3-5-20(13-18)30(34)35/h3-13,22H,2,14-16H2,1H3. The second-order valence-electron chi connectivity index (χ2n) is 8.64. The van der Waals surface area contributed by atoms with Crippen LogP contribution >= 0.6 is 0 Å². The van der Waals surface area contributed by atoms with E-state index in [0.717, 1.165) is 11.0 Å². The molecule has 0 bridgehead atoms. The maximum absolute atomic E-state index is 13.7. The van der Waals surface area contributed by atoms with Gasteiger partial charge in [-0.2, -0.15) is 0 Å². The van der Waals surface area contributed by atoms with Crippen molar-refractivity contribution in [1.29, 1.82) is 0 Å². The number of anilines is 1. The number of benzene rings is 3. The molecule has 0 N–H and O–H groups in total. The van der Waals surface area contributed by atoms with Crippen LogP contribution in [0.5, 0.6) is 17.2 Å². The predicted octanol–water partition coefficient (Wildman–Crippen LogP) is 3.70. The third-order valence-electron chi connectivity index (χ3n) is 6.26. The van der Waals surface area contributed by atoms with E-state index in [4.69, 9.17) is 14.2 Å². The second-order valence-corrected chi connectivity index (χ2v) is 8.64. The highest BCUT2D eigenvalue weighted by Gasteiger charge is 2.44. The fraction of sp³-hybridized carbons (Fsp3) is 0.222. The lowest BCUT2D eigenvalue weighted by Crippen LogP contribution is -2.45. The van der Waals surface area contributed by atoms with E-state index in [-0.39, 0.29) is 31.0 Å². The van der Waals surface area contributed by atoms with Crippen molar-refractivity contribution in [3.8, 4) is 17.2 Å². The minimum Gasteiger partial charge on any atom is -0.494 e. The van der Waals surface area contributed by atoms with Crippen LogP contribution in [-0.4, -0.2) is 47.0 Å². The smallest absolute Gasteiger partial charge is 0.270 e. The lowest BCUT2D eigenvalue weighted by Gasteiger charge is -2.28. The third kappa shape index (κ3) is 4.73. The summed E-state index contributed by atoms with van der Waals surface area (Å²) in [5, 5.41) is 11.3. The average Bonchev–Trinajstić information content (AvgIpc) is 3.50. The third-order valence-corrected chi connectivity index (χ3v) is 6.26. The molecular weight excluding hydrogens is 494 g/mol. The number of rotatable bonds is 8. The lowest BCUT2D eigenvalue weighted by atomic mass is 10.1. The van der Waals surface area contributed by atoms with E-state index in [1.807, 2.05) is 6.92 Å². The summed E-state index contributed by atoms with van der Waals surface area (Å²) in [7, 11) is 0. The molecule has 1 unspecified atom stereocenters. The Labute approximate surface area is 217 Å². The first-order valence-electron chi connectivity index (χ1n) is 11.9. The van der Waals surface area contributed by atoms with Gasteiger partial charge in [-0.25, -0.2) is 4.90 Å². The summed E-state index contributed by atoms with van der Waals surface area (Å²) >= 11 is 0. The molecule has 38 heavy (non-hydrogen) atoms. The van der Waals surface area contributed by atoms with Gasteiger partial charge in [0.2, 0.25) is 12.7 Å². The van der Waals surface area contributed by atoms with Gasteiger partial charge in [-0.1, -0.05) is 12.1 Å². The van der Waals surface area contributed by atoms with E-state index < -0.39 is 28.7 Å². The largest absolute Gasteiger partial charge is 0.494 e. The van der Waals surface area contributed by atoms with Gasteiger partial charge in [0.05, 0.1) is 23.6 Å². The van der Waals surface area contributed by atoms with Crippen molar-refractivity contribution in [2.24, 2.45) is 0 Å². The molecule has 0 radical (unpaired) electrons. The minimum atomic E-state index is -1.12. The number of hydrogen-bond acceptors (Lipinski definition) is 8. The molecule has 3 aromatic rings. The molecule has 2 heterocycles. The number of non-ortho nitro benzene ring substituents is 1. The van der Waals surface area contributed by atoms with Gasteiger partial charge in [0.25, 0.3) is 17.5 Å². The van der Waals surface area contributed by atoms with Crippen LogP contribution in [0.15, 0.2) is 66.7 Å². The summed E-state index contributed by atoms with van der Waals surface area (Å²) in [5.41, 5.74) is 0.757. The quantitative estimate of drug-likeness (QED) is 0.251. The Balaban J connectivity index is 1.48. The van der Waals surface area contributed by atoms with Gasteiger partial charge in [0.1, 0.15) is 11.8 Å². The molecule has 0 aromatic heterocycles. The molecule has 1 fully saturated rings. The topological polar surface area (TPSA) is 129 Å². The Bertz CT molecular complexity index is 1420. The molecule has 3 aromatic carbocycles. The van der Waals surface area contributed by atoms with Crippen LogP contribution in [0.4, 0.5) is 11.4 Å². The summed E-state index contributed by atoms with van der Waals surface area (Å²) in [6, 6.07) is 15.8. The van der Waals surface area contributed by atoms with E-state index in [2.05, 4.69) is 0 Å². The van der Waals surface area contributed by atoms with Crippen LogP contribution in [0, 0.1) is 10.1 Å². The molecule has 1 atom stereocenters. The Hall–Kier alpha value is -4.93. The van der Waals surface area contributed by atoms with Gasteiger partial charge < -0.3 is 19.1 Å². The molecule has 194 valence electrons. The number of nitro benzene ring substituents is 1. The van der Waals surface area contributed by atoms with Gasteiger partial charge >= 0.3 is 0 Å². The summed E-state index contributed by atoms with van der Waals surface area (Å²) in [4.78, 5) is 53.3. The van der Waals surface area contributed by atoms with E-state index in [1.165, 1.54) is 23.1 Å². The average molecular weight is 517 g/mol. The molecule has 0 saturated carbocycles. The molecule has 3 amide bonds. The molecule has 2 aliphatic rings. The fourth-order valence-corrected chi connectivity index (χ4v) is 4.47. The highest BCUT2D eigenvalue weighted by atomic mass is 16.7. The zero-order chi connectivity index (χ0) is 26.8. The van der Waals surface area contributed by atoms with Crippen molar-refractivity contribution in [3.63, 3.8) is 0 Å². The highest BCUT2D eigenvalue weighted by molar-refractivity contribution is 6.23. The first-order chi connectivity index (χ1) is 18.4. The fourth-order valence-electron chi connectivity index (χ4n) is 4.47. The van der Waals surface area contributed by atoms with E-state index in [1.54, 1.807) is 42.5 Å². The first kappa shape index (κ1) is 24.8. The number of carbonyl (C=O) groups is 3. The number of ether oxygens (including phenoxy) is 3. The number of nitrogens with zero attached hydrogens (tertiary/aromatic N) is 3. The summed E-state index contributed by atoms with van der Waals surface area (Å²) in [6.07, 6.45) is -0.239. The Kier molecular flexibility index (Phi) is 6.65. The maximum atomic E-state index is 13.7. The lowest BCUT2D eigenvalue weighted by molar-refractivity contribution is -0.384. The zero-order valence-electron chi connectivity index (χ0n) is 20.4. The van der Waals surface area contributed by atoms with Crippen molar-refractivity contribution in [1.82, 2.24) is 4.90 Å². The first-order valence-corrected chi connectivity index (χ1v) is 11.9. The summed E-state index contributed by atoms with van der Waals surface area (Å²) in [5.74, 6) is -0.0113. The Morgan fingerprint density at radius 1 is 1.08 bits per heavy atom. The van der Waals surface area contributed by atoms with Gasteiger partial charge in [-0.3, -0.25) is 24.5 Å². The van der Waals surface area contributed by atoms with Gasteiger partial charge in [-0.15, -0.1) is 0 Å². The summed E-state index contributed by atoms with van der Waals surface area (Å²) < 4.78 is 16.2. The van der Waals surface area contributed by atoms with Gasteiger partial charge in [0, 0.05) is 24.2 Å². The van der Waals surface area contributed by atoms with Crippen LogP contribution < -0.4 is 19.1 Å². The molecule has 2 aliphatic heterocycles. The molecule has 11 heteroatoms. The summed E-state index contributed by atoms with van der Waals surface area (Å²) in [6.45, 7) is 2.34. The monoisotopic (exact) mass is 517 g/mol. The normalized spacial score (nSPS) is 16.0. The van der Waals surface area contributed by atoms with Crippen LogP contribution in [-0.2, 0) is 16.1 Å². The predicted molar refractivity (Wildman–Crippen MR) is 134 cm³/mol. The molecule has 0 spiro atoms. The molecule has 1 saturated heterocycles. The Morgan fingerprint density at radius 3 is 2.58 bits per heavy atom.